The van der Waals surface area contributed by atoms with E-state index in [2.05, 4.69) is 16.2 Å². The van der Waals surface area contributed by atoms with Gasteiger partial charge in [-0.25, -0.2) is 0 Å². The first kappa shape index (κ1) is 18.4. The fourth-order valence-corrected chi connectivity index (χ4v) is 3.06. The Labute approximate surface area is 159 Å². The first-order chi connectivity index (χ1) is 13.1. The van der Waals surface area contributed by atoms with E-state index in [9.17, 15) is 14.4 Å². The number of nitrogens with one attached hydrogen (secondary N) is 3. The summed E-state index contributed by atoms with van der Waals surface area (Å²) >= 11 is 1.27. The Morgan fingerprint density at radius 2 is 1.74 bits per heavy atom. The van der Waals surface area contributed by atoms with Gasteiger partial charge in [0.15, 0.2) is 0 Å². The highest BCUT2D eigenvalue weighted by Crippen LogP contribution is 2.16. The van der Waals surface area contributed by atoms with E-state index in [0.29, 0.717) is 21.8 Å². The van der Waals surface area contributed by atoms with Crippen LogP contribution in [-0.4, -0.2) is 17.7 Å². The predicted molar refractivity (Wildman–Crippen MR) is 100 cm³/mol. The van der Waals surface area contributed by atoms with E-state index in [4.69, 9.17) is 4.42 Å². The molecule has 8 heteroatoms. The Balaban J connectivity index is 1.72. The van der Waals surface area contributed by atoms with E-state index in [1.54, 1.807) is 48.7 Å². The van der Waals surface area contributed by atoms with Crippen molar-refractivity contribution in [3.05, 3.63) is 81.9 Å². The van der Waals surface area contributed by atoms with Gasteiger partial charge in [-0.3, -0.25) is 25.2 Å². The van der Waals surface area contributed by atoms with Crippen LogP contribution in [-0.2, 0) is 4.79 Å². The third-order valence-electron chi connectivity index (χ3n) is 3.82. The molecule has 0 bridgehead atoms. The molecule has 1 unspecified atom stereocenters. The Kier molecular flexibility index (Phi) is 5.68. The zero-order valence-electron chi connectivity index (χ0n) is 14.4. The normalized spacial score (nSPS) is 11.4. The number of rotatable bonds is 5. The number of aryl methyl sites for hydroxylation is 1. The molecule has 3 rings (SSSR count). The molecule has 2 heterocycles. The van der Waals surface area contributed by atoms with Gasteiger partial charge in [-0.05, 0) is 30.0 Å². The summed E-state index contributed by atoms with van der Waals surface area (Å²) in [6.07, 6.45) is 1.39. The Bertz CT molecular complexity index is 935. The zero-order chi connectivity index (χ0) is 19.2. The molecule has 3 amide bonds. The second kappa shape index (κ2) is 8.33. The summed E-state index contributed by atoms with van der Waals surface area (Å²) < 4.78 is 5.07. The molecule has 1 aromatic carbocycles. The van der Waals surface area contributed by atoms with E-state index in [1.807, 2.05) is 6.07 Å². The number of benzene rings is 1. The monoisotopic (exact) mass is 383 g/mol. The lowest BCUT2D eigenvalue weighted by Crippen LogP contribution is -2.48. The molecule has 7 nitrogen and oxygen atoms in total. The Morgan fingerprint density at radius 3 is 2.37 bits per heavy atom. The summed E-state index contributed by atoms with van der Waals surface area (Å²) in [4.78, 5) is 37.6. The molecule has 0 aliphatic heterocycles. The van der Waals surface area contributed by atoms with Gasteiger partial charge in [-0.2, -0.15) is 0 Å². The van der Waals surface area contributed by atoms with Crippen molar-refractivity contribution in [2.45, 2.75) is 13.0 Å². The topological polar surface area (TPSA) is 100 Å². The van der Waals surface area contributed by atoms with Crippen LogP contribution < -0.4 is 16.2 Å². The van der Waals surface area contributed by atoms with Crippen molar-refractivity contribution < 1.29 is 18.8 Å². The Morgan fingerprint density at radius 1 is 0.963 bits per heavy atom. The van der Waals surface area contributed by atoms with Gasteiger partial charge in [0, 0.05) is 0 Å². The largest absolute Gasteiger partial charge is 0.469 e. The second-order valence-electron chi connectivity index (χ2n) is 5.63. The molecule has 3 aromatic rings. The zero-order valence-corrected chi connectivity index (χ0v) is 15.2. The molecule has 0 aliphatic carbocycles. The van der Waals surface area contributed by atoms with Gasteiger partial charge in [0.1, 0.15) is 11.8 Å². The summed E-state index contributed by atoms with van der Waals surface area (Å²) in [6, 6.07) is 12.7. The van der Waals surface area contributed by atoms with Crippen LogP contribution >= 0.6 is 11.3 Å². The van der Waals surface area contributed by atoms with E-state index >= 15 is 0 Å². The summed E-state index contributed by atoms with van der Waals surface area (Å²) in [5, 5.41) is 4.47. The average molecular weight is 383 g/mol. The predicted octanol–water partition coefficient (Wildman–Crippen LogP) is 2.58. The molecule has 0 spiro atoms. The van der Waals surface area contributed by atoms with Crippen LogP contribution in [0.1, 0.15) is 37.4 Å². The molecule has 1 atom stereocenters. The van der Waals surface area contributed by atoms with Crippen LogP contribution in [0.4, 0.5) is 0 Å². The number of hydrogen-bond donors (Lipinski definition) is 3. The average Bonchev–Trinajstić information content (AvgIpc) is 3.36. The molecule has 2 aromatic heterocycles. The van der Waals surface area contributed by atoms with E-state index in [0.717, 1.165) is 0 Å². The quantitative estimate of drug-likeness (QED) is 0.590. The summed E-state index contributed by atoms with van der Waals surface area (Å²) in [5.74, 6) is -1.01. The van der Waals surface area contributed by atoms with Crippen LogP contribution in [0.25, 0.3) is 0 Å². The minimum absolute atomic E-state index is 0.314. The molecule has 0 saturated carbocycles. The molecule has 27 heavy (non-hydrogen) atoms. The van der Waals surface area contributed by atoms with Gasteiger partial charge >= 0.3 is 0 Å². The van der Waals surface area contributed by atoms with Gasteiger partial charge in [0.25, 0.3) is 17.7 Å². The first-order valence-corrected chi connectivity index (χ1v) is 8.98. The lowest BCUT2D eigenvalue weighted by atomic mass is 10.1. The number of hydrogen-bond acceptors (Lipinski definition) is 5. The highest BCUT2D eigenvalue weighted by atomic mass is 32.1. The van der Waals surface area contributed by atoms with Gasteiger partial charge in [0.2, 0.25) is 0 Å². The third-order valence-corrected chi connectivity index (χ3v) is 4.69. The van der Waals surface area contributed by atoms with Gasteiger partial charge in [0.05, 0.1) is 16.7 Å². The fourth-order valence-electron chi connectivity index (χ4n) is 2.43. The Hall–Kier alpha value is -3.39. The van der Waals surface area contributed by atoms with Crippen molar-refractivity contribution in [3.8, 4) is 0 Å². The van der Waals surface area contributed by atoms with E-state index in [1.165, 1.54) is 23.7 Å². The standard InChI is InChI=1S/C19H17N3O4S/c1-12-14(9-10-26-12)17(23)21-22-19(25)16(13-6-3-2-4-7-13)20-18(24)15-8-5-11-27-15/h2-11,16H,1H3,(H,20,24)(H,21,23)(H,22,25). The maximum absolute atomic E-state index is 12.6. The van der Waals surface area contributed by atoms with E-state index < -0.39 is 17.9 Å². The minimum Gasteiger partial charge on any atom is -0.469 e. The number of carbonyl (C=O) groups excluding carboxylic acids is 3. The van der Waals surface area contributed by atoms with E-state index in [-0.39, 0.29) is 5.91 Å². The van der Waals surface area contributed by atoms with Gasteiger partial charge < -0.3 is 9.73 Å². The molecule has 3 N–H and O–H groups in total. The van der Waals surface area contributed by atoms with Crippen molar-refractivity contribution in [2.75, 3.05) is 0 Å². The first-order valence-electron chi connectivity index (χ1n) is 8.10. The van der Waals surface area contributed by atoms with Crippen molar-refractivity contribution in [1.82, 2.24) is 16.2 Å². The lowest BCUT2D eigenvalue weighted by Gasteiger charge is -2.18. The molecule has 0 saturated heterocycles. The number of thiophene rings is 1. The highest BCUT2D eigenvalue weighted by Gasteiger charge is 2.24. The van der Waals surface area contributed by atoms with Gasteiger partial charge in [-0.1, -0.05) is 36.4 Å². The fraction of sp³-hybridized carbons (Fsp3) is 0.105. The van der Waals surface area contributed by atoms with Crippen molar-refractivity contribution >= 4 is 29.1 Å². The minimum atomic E-state index is -0.966. The van der Waals surface area contributed by atoms with Crippen LogP contribution in [0.3, 0.4) is 0 Å². The molecular formula is C19H17N3O4S. The lowest BCUT2D eigenvalue weighted by molar-refractivity contribution is -0.123. The number of hydrazine groups is 1. The second-order valence-corrected chi connectivity index (χ2v) is 6.58. The molecule has 138 valence electrons. The summed E-state index contributed by atoms with van der Waals surface area (Å²) in [5.41, 5.74) is 5.60. The maximum atomic E-state index is 12.6. The van der Waals surface area contributed by atoms with Crippen molar-refractivity contribution in [1.29, 1.82) is 0 Å². The SMILES string of the molecule is Cc1occc1C(=O)NNC(=O)C(NC(=O)c1cccs1)c1ccccc1. The molecule has 0 aliphatic rings. The van der Waals surface area contributed by atoms with Gasteiger partial charge in [-0.15, -0.1) is 11.3 Å². The van der Waals surface area contributed by atoms with Crippen LogP contribution in [0, 0.1) is 6.92 Å². The highest BCUT2D eigenvalue weighted by molar-refractivity contribution is 7.12. The summed E-state index contributed by atoms with van der Waals surface area (Å²) in [7, 11) is 0. The molecular weight excluding hydrogens is 366 g/mol. The smallest absolute Gasteiger partial charge is 0.273 e. The molecule has 0 radical (unpaired) electrons. The van der Waals surface area contributed by atoms with Crippen LogP contribution in [0.5, 0.6) is 0 Å². The van der Waals surface area contributed by atoms with Crippen LogP contribution in [0.2, 0.25) is 0 Å². The number of amides is 3. The van der Waals surface area contributed by atoms with Crippen molar-refractivity contribution in [2.24, 2.45) is 0 Å². The summed E-state index contributed by atoms with van der Waals surface area (Å²) in [6.45, 7) is 1.64. The number of furan rings is 1. The molecule has 0 fully saturated rings. The van der Waals surface area contributed by atoms with Crippen LogP contribution in [0.15, 0.2) is 64.6 Å². The maximum Gasteiger partial charge on any atom is 0.273 e. The third kappa shape index (κ3) is 4.42. The van der Waals surface area contributed by atoms with Crippen molar-refractivity contribution in [3.63, 3.8) is 0 Å². The number of carbonyl (C=O) groups is 3.